The van der Waals surface area contributed by atoms with Crippen LogP contribution in [0.25, 0.3) is 6.08 Å². The van der Waals surface area contributed by atoms with Crippen molar-refractivity contribution in [2.75, 3.05) is 24.6 Å². The summed E-state index contributed by atoms with van der Waals surface area (Å²) in [6.45, 7) is 0.250. The number of aromatic nitrogens is 1. The van der Waals surface area contributed by atoms with Crippen LogP contribution in [-0.4, -0.2) is 59.9 Å². The molecule has 112 valence electrons. The second-order valence-electron chi connectivity index (χ2n) is 4.56. The van der Waals surface area contributed by atoms with Gasteiger partial charge in [0.05, 0.1) is 11.5 Å². The quantitative estimate of drug-likeness (QED) is 0.791. The Labute approximate surface area is 121 Å². The average molecular weight is 310 g/mol. The summed E-state index contributed by atoms with van der Waals surface area (Å²) in [5.41, 5.74) is 0.507. The van der Waals surface area contributed by atoms with Gasteiger partial charge in [0.2, 0.25) is 0 Å². The fourth-order valence-electron chi connectivity index (χ4n) is 1.96. The summed E-state index contributed by atoms with van der Waals surface area (Å²) in [5, 5.41) is 8.64. The molecule has 0 unspecified atom stereocenters. The number of sulfone groups is 1. The van der Waals surface area contributed by atoms with Crippen LogP contribution in [0.4, 0.5) is 0 Å². The number of carboxylic acids is 1. The molecule has 1 saturated heterocycles. The summed E-state index contributed by atoms with van der Waals surface area (Å²) in [4.78, 5) is 28.3. The zero-order valence-corrected chi connectivity index (χ0v) is 11.9. The summed E-state index contributed by atoms with van der Waals surface area (Å²) in [6, 6.07) is 3.18. The highest BCUT2D eigenvalue weighted by Crippen LogP contribution is 2.13. The second-order valence-corrected chi connectivity index (χ2v) is 6.86. The summed E-state index contributed by atoms with van der Waals surface area (Å²) in [6.07, 6.45) is 3.66. The van der Waals surface area contributed by atoms with Crippen LogP contribution < -0.4 is 0 Å². The Balaban J connectivity index is 2.22. The van der Waals surface area contributed by atoms with E-state index in [-0.39, 0.29) is 30.3 Å². The Hall–Kier alpha value is -2.22. The van der Waals surface area contributed by atoms with Crippen molar-refractivity contribution < 1.29 is 23.1 Å². The Morgan fingerprint density at radius 1 is 1.29 bits per heavy atom. The molecule has 2 rings (SSSR count). The molecule has 1 fully saturated rings. The van der Waals surface area contributed by atoms with Gasteiger partial charge in [-0.1, -0.05) is 6.07 Å². The highest BCUT2D eigenvalue weighted by molar-refractivity contribution is 7.91. The number of amides is 1. The molecule has 0 radical (unpaired) electrons. The Morgan fingerprint density at radius 3 is 2.57 bits per heavy atom. The number of aliphatic carboxylic acids is 1. The standard InChI is InChI=1S/C13H14N2O5S/c16-11(17)4-3-10-2-1-5-14-12(10)13(18)15-6-8-21(19,20)9-7-15/h1-5H,6-9H2,(H,16,17)/b4-3+. The van der Waals surface area contributed by atoms with E-state index in [1.807, 2.05) is 0 Å². The Kier molecular flexibility index (Phi) is 4.37. The van der Waals surface area contributed by atoms with Gasteiger partial charge in [0.25, 0.3) is 5.91 Å². The SMILES string of the molecule is O=C(O)/C=C/c1cccnc1C(=O)N1CCS(=O)(=O)CC1. The first-order valence-corrected chi connectivity index (χ1v) is 8.07. The van der Waals surface area contributed by atoms with Crippen LogP contribution in [0.2, 0.25) is 0 Å². The largest absolute Gasteiger partial charge is 0.478 e. The first kappa shape index (κ1) is 15.2. The van der Waals surface area contributed by atoms with Crippen molar-refractivity contribution in [1.29, 1.82) is 0 Å². The number of rotatable bonds is 3. The zero-order valence-electron chi connectivity index (χ0n) is 11.1. The van der Waals surface area contributed by atoms with Crippen molar-refractivity contribution in [3.8, 4) is 0 Å². The summed E-state index contributed by atoms with van der Waals surface area (Å²) in [7, 11) is -3.07. The van der Waals surface area contributed by atoms with Gasteiger partial charge in [0, 0.05) is 30.9 Å². The zero-order chi connectivity index (χ0) is 15.5. The van der Waals surface area contributed by atoms with E-state index in [4.69, 9.17) is 5.11 Å². The third-order valence-electron chi connectivity index (χ3n) is 3.08. The second kappa shape index (κ2) is 6.04. The number of hydrogen-bond acceptors (Lipinski definition) is 5. The van der Waals surface area contributed by atoms with Gasteiger partial charge in [0.15, 0.2) is 9.84 Å². The van der Waals surface area contributed by atoms with Crippen molar-refractivity contribution in [1.82, 2.24) is 9.88 Å². The van der Waals surface area contributed by atoms with E-state index in [9.17, 15) is 18.0 Å². The van der Waals surface area contributed by atoms with Gasteiger partial charge in [0.1, 0.15) is 5.69 Å². The molecule has 1 aliphatic rings. The van der Waals surface area contributed by atoms with Crippen molar-refractivity contribution in [3.05, 3.63) is 35.7 Å². The van der Waals surface area contributed by atoms with Crippen molar-refractivity contribution in [2.45, 2.75) is 0 Å². The summed E-state index contributed by atoms with van der Waals surface area (Å²) in [5.74, 6) is -1.64. The predicted molar refractivity (Wildman–Crippen MR) is 75.5 cm³/mol. The monoisotopic (exact) mass is 310 g/mol. The maximum Gasteiger partial charge on any atom is 0.328 e. The van der Waals surface area contributed by atoms with Gasteiger partial charge in [-0.15, -0.1) is 0 Å². The van der Waals surface area contributed by atoms with Gasteiger partial charge in [-0.2, -0.15) is 0 Å². The molecule has 0 aliphatic carbocycles. The summed E-state index contributed by atoms with van der Waals surface area (Å²) < 4.78 is 22.7. The molecule has 0 atom stereocenters. The summed E-state index contributed by atoms with van der Waals surface area (Å²) >= 11 is 0. The number of pyridine rings is 1. The molecular weight excluding hydrogens is 296 g/mol. The lowest BCUT2D eigenvalue weighted by molar-refractivity contribution is -0.131. The number of carbonyl (C=O) groups excluding carboxylic acids is 1. The van der Waals surface area contributed by atoms with Crippen LogP contribution in [0.5, 0.6) is 0 Å². The lowest BCUT2D eigenvalue weighted by Gasteiger charge is -2.26. The first-order chi connectivity index (χ1) is 9.89. The van der Waals surface area contributed by atoms with E-state index in [0.717, 1.165) is 6.08 Å². The number of carboxylic acid groups (broad SMARTS) is 1. The van der Waals surface area contributed by atoms with Gasteiger partial charge in [-0.05, 0) is 12.1 Å². The third-order valence-corrected chi connectivity index (χ3v) is 4.69. The van der Waals surface area contributed by atoms with Gasteiger partial charge in [-0.25, -0.2) is 13.2 Å². The molecule has 1 N–H and O–H groups in total. The minimum absolute atomic E-state index is 0.0636. The molecule has 0 bridgehead atoms. The number of nitrogens with zero attached hydrogens (tertiary/aromatic N) is 2. The average Bonchev–Trinajstić information content (AvgIpc) is 2.44. The highest BCUT2D eigenvalue weighted by atomic mass is 32.2. The van der Waals surface area contributed by atoms with E-state index >= 15 is 0 Å². The van der Waals surface area contributed by atoms with Crippen LogP contribution in [-0.2, 0) is 14.6 Å². The van der Waals surface area contributed by atoms with Crippen molar-refractivity contribution in [3.63, 3.8) is 0 Å². The van der Waals surface area contributed by atoms with Crippen LogP contribution in [0, 0.1) is 0 Å². The Morgan fingerprint density at radius 2 is 1.95 bits per heavy atom. The maximum atomic E-state index is 12.4. The predicted octanol–water partition coefficient (Wildman–Crippen LogP) is 0.0500. The Bertz CT molecular complexity index is 682. The van der Waals surface area contributed by atoms with E-state index in [2.05, 4.69) is 4.98 Å². The lowest BCUT2D eigenvalue weighted by Crippen LogP contribution is -2.44. The molecule has 2 heterocycles. The topological polar surface area (TPSA) is 105 Å². The van der Waals surface area contributed by atoms with E-state index in [1.54, 1.807) is 12.1 Å². The minimum atomic E-state index is -3.07. The smallest absolute Gasteiger partial charge is 0.328 e. The molecule has 0 saturated carbocycles. The van der Waals surface area contributed by atoms with Crippen molar-refractivity contribution in [2.24, 2.45) is 0 Å². The molecule has 8 heteroatoms. The van der Waals surface area contributed by atoms with Crippen LogP contribution in [0.15, 0.2) is 24.4 Å². The molecule has 7 nitrogen and oxygen atoms in total. The van der Waals surface area contributed by atoms with E-state index < -0.39 is 21.7 Å². The molecule has 1 aromatic heterocycles. The maximum absolute atomic E-state index is 12.4. The highest BCUT2D eigenvalue weighted by Gasteiger charge is 2.27. The molecule has 0 aromatic carbocycles. The minimum Gasteiger partial charge on any atom is -0.478 e. The lowest BCUT2D eigenvalue weighted by atomic mass is 10.1. The molecule has 1 aromatic rings. The van der Waals surface area contributed by atoms with Gasteiger partial charge in [-0.3, -0.25) is 9.78 Å². The number of carbonyl (C=O) groups is 2. The van der Waals surface area contributed by atoms with Crippen LogP contribution in [0.1, 0.15) is 16.1 Å². The molecule has 0 spiro atoms. The van der Waals surface area contributed by atoms with Crippen molar-refractivity contribution >= 4 is 27.8 Å². The fourth-order valence-corrected chi connectivity index (χ4v) is 3.16. The van der Waals surface area contributed by atoms with E-state index in [0.29, 0.717) is 5.56 Å². The molecular formula is C13H14N2O5S. The third kappa shape index (κ3) is 3.88. The fraction of sp³-hybridized carbons (Fsp3) is 0.308. The molecule has 1 aliphatic heterocycles. The molecule has 1 amide bonds. The van der Waals surface area contributed by atoms with Crippen LogP contribution in [0.3, 0.4) is 0 Å². The normalized spacial score (nSPS) is 17.8. The van der Waals surface area contributed by atoms with Gasteiger partial charge >= 0.3 is 5.97 Å². The number of hydrogen-bond donors (Lipinski definition) is 1. The van der Waals surface area contributed by atoms with E-state index in [1.165, 1.54) is 17.2 Å². The first-order valence-electron chi connectivity index (χ1n) is 6.25. The van der Waals surface area contributed by atoms with Crippen LogP contribution >= 0.6 is 0 Å². The van der Waals surface area contributed by atoms with Gasteiger partial charge < -0.3 is 10.0 Å². The molecule has 21 heavy (non-hydrogen) atoms.